The monoisotopic (exact) mass is 344 g/mol. The van der Waals surface area contributed by atoms with Gasteiger partial charge in [0.15, 0.2) is 11.5 Å². The topological polar surface area (TPSA) is 42.0 Å². The van der Waals surface area contributed by atoms with E-state index in [0.29, 0.717) is 31.6 Å². The van der Waals surface area contributed by atoms with Crippen molar-refractivity contribution in [3.8, 4) is 11.5 Å². The molecule has 1 atom stereocenters. The lowest BCUT2D eigenvalue weighted by molar-refractivity contribution is -0.132. The Hall–Kier alpha value is -1.75. The molecular formula is C20H28N2O3. The number of fused-ring (bicyclic) bond motifs is 1. The molecule has 3 aliphatic rings. The number of carbonyl (C=O) groups excluding carboxylic acids is 1. The van der Waals surface area contributed by atoms with Crippen LogP contribution in [-0.4, -0.2) is 55.1 Å². The summed E-state index contributed by atoms with van der Waals surface area (Å²) in [5.74, 6) is 2.09. The summed E-state index contributed by atoms with van der Waals surface area (Å²) in [6, 6.07) is 6.53. The zero-order chi connectivity index (χ0) is 17.1. The number of para-hydroxylation sites is 1. The first kappa shape index (κ1) is 16.7. The van der Waals surface area contributed by atoms with Crippen molar-refractivity contribution in [2.24, 2.45) is 0 Å². The molecule has 0 N–H and O–H groups in total. The quantitative estimate of drug-likeness (QED) is 0.842. The summed E-state index contributed by atoms with van der Waals surface area (Å²) in [6.07, 6.45) is 6.50. The lowest BCUT2D eigenvalue weighted by atomic mass is 10.0. The molecule has 5 heteroatoms. The molecule has 1 amide bonds. The molecular weight excluding hydrogens is 316 g/mol. The average Bonchev–Trinajstić information content (AvgIpc) is 3.14. The van der Waals surface area contributed by atoms with Crippen LogP contribution in [0.5, 0.6) is 11.5 Å². The molecule has 0 bridgehead atoms. The maximum absolute atomic E-state index is 12.5. The predicted molar refractivity (Wildman–Crippen MR) is 96.0 cm³/mol. The third kappa shape index (κ3) is 3.61. The molecule has 1 aromatic carbocycles. The highest BCUT2D eigenvalue weighted by molar-refractivity contribution is 5.76. The lowest BCUT2D eigenvalue weighted by Gasteiger charge is -2.30. The van der Waals surface area contributed by atoms with E-state index >= 15 is 0 Å². The number of benzene rings is 1. The molecule has 0 spiro atoms. The second-order valence-corrected chi connectivity index (χ2v) is 7.26. The fraction of sp³-hybridized carbons (Fsp3) is 0.650. The van der Waals surface area contributed by atoms with Crippen LogP contribution in [0.15, 0.2) is 18.2 Å². The van der Waals surface area contributed by atoms with Crippen LogP contribution in [0.4, 0.5) is 0 Å². The summed E-state index contributed by atoms with van der Waals surface area (Å²) in [5, 5.41) is 0. The Kier molecular flexibility index (Phi) is 5.11. The summed E-state index contributed by atoms with van der Waals surface area (Å²) in [7, 11) is 0. The summed E-state index contributed by atoms with van der Waals surface area (Å²) in [6.45, 7) is 5.02. The highest BCUT2D eigenvalue weighted by atomic mass is 16.6. The summed E-state index contributed by atoms with van der Waals surface area (Å²) < 4.78 is 11.6. The molecule has 5 nitrogen and oxygen atoms in total. The third-order valence-electron chi connectivity index (χ3n) is 5.64. The maximum atomic E-state index is 12.5. The van der Waals surface area contributed by atoms with Crippen LogP contribution in [0.25, 0.3) is 0 Å². The number of amides is 1. The Balaban J connectivity index is 1.42. The molecule has 2 saturated heterocycles. The average molecular weight is 344 g/mol. The second-order valence-electron chi connectivity index (χ2n) is 7.26. The van der Waals surface area contributed by atoms with E-state index < -0.39 is 0 Å². The van der Waals surface area contributed by atoms with Gasteiger partial charge in [0, 0.05) is 37.7 Å². The molecule has 0 aliphatic carbocycles. The Morgan fingerprint density at radius 3 is 2.76 bits per heavy atom. The first-order valence-corrected chi connectivity index (χ1v) is 9.73. The maximum Gasteiger partial charge on any atom is 0.223 e. The number of likely N-dealkylation sites (tertiary alicyclic amines) is 2. The highest BCUT2D eigenvalue weighted by Crippen LogP contribution is 2.42. The van der Waals surface area contributed by atoms with Gasteiger partial charge < -0.3 is 14.4 Å². The molecule has 0 saturated carbocycles. The molecule has 2 fully saturated rings. The van der Waals surface area contributed by atoms with E-state index in [1.54, 1.807) is 0 Å². The van der Waals surface area contributed by atoms with Crippen LogP contribution in [0.3, 0.4) is 0 Å². The van der Waals surface area contributed by atoms with Crippen molar-refractivity contribution in [2.45, 2.75) is 44.6 Å². The van der Waals surface area contributed by atoms with Gasteiger partial charge in [-0.25, -0.2) is 0 Å². The van der Waals surface area contributed by atoms with Crippen molar-refractivity contribution in [2.75, 3.05) is 39.4 Å². The fourth-order valence-electron chi connectivity index (χ4n) is 4.35. The number of hydrogen-bond acceptors (Lipinski definition) is 4. The summed E-state index contributed by atoms with van der Waals surface area (Å²) >= 11 is 0. The van der Waals surface area contributed by atoms with Crippen molar-refractivity contribution in [1.82, 2.24) is 9.80 Å². The minimum atomic E-state index is 0.319. The normalized spacial score (nSPS) is 23.7. The Bertz CT molecular complexity index is 613. The Morgan fingerprint density at radius 2 is 1.88 bits per heavy atom. The highest BCUT2D eigenvalue weighted by Gasteiger charge is 2.31. The summed E-state index contributed by atoms with van der Waals surface area (Å²) in [5.41, 5.74) is 1.22. The third-order valence-corrected chi connectivity index (χ3v) is 5.64. The van der Waals surface area contributed by atoms with Gasteiger partial charge in [0.25, 0.3) is 0 Å². The minimum absolute atomic E-state index is 0.319. The molecule has 0 aromatic heterocycles. The molecule has 4 rings (SSSR count). The molecule has 136 valence electrons. The van der Waals surface area contributed by atoms with Crippen molar-refractivity contribution < 1.29 is 14.3 Å². The molecule has 0 radical (unpaired) electrons. The van der Waals surface area contributed by atoms with Crippen LogP contribution in [0.2, 0.25) is 0 Å². The number of nitrogens with zero attached hydrogens (tertiary/aromatic N) is 2. The second kappa shape index (κ2) is 7.65. The van der Waals surface area contributed by atoms with E-state index in [1.807, 2.05) is 6.07 Å². The number of piperidine rings is 1. The first-order valence-electron chi connectivity index (χ1n) is 9.73. The molecule has 3 heterocycles. The van der Waals surface area contributed by atoms with E-state index in [4.69, 9.17) is 9.47 Å². The van der Waals surface area contributed by atoms with Crippen molar-refractivity contribution in [3.63, 3.8) is 0 Å². The van der Waals surface area contributed by atoms with Gasteiger partial charge in [0.05, 0.1) is 0 Å². The van der Waals surface area contributed by atoms with Crippen LogP contribution in [0.1, 0.15) is 50.1 Å². The van der Waals surface area contributed by atoms with Gasteiger partial charge in [-0.15, -0.1) is 0 Å². The zero-order valence-corrected chi connectivity index (χ0v) is 14.9. The lowest BCUT2D eigenvalue weighted by Crippen LogP contribution is -2.37. The van der Waals surface area contributed by atoms with Gasteiger partial charge in [-0.2, -0.15) is 0 Å². The van der Waals surface area contributed by atoms with Gasteiger partial charge in [-0.3, -0.25) is 9.69 Å². The van der Waals surface area contributed by atoms with E-state index in [1.165, 1.54) is 18.4 Å². The van der Waals surface area contributed by atoms with Crippen LogP contribution in [0, 0.1) is 0 Å². The Labute approximate surface area is 149 Å². The van der Waals surface area contributed by atoms with Gasteiger partial charge in [0.2, 0.25) is 5.91 Å². The van der Waals surface area contributed by atoms with Gasteiger partial charge in [0.1, 0.15) is 13.2 Å². The molecule has 1 unspecified atom stereocenters. The predicted octanol–water partition coefficient (Wildman–Crippen LogP) is 3.00. The zero-order valence-electron chi connectivity index (χ0n) is 14.9. The van der Waals surface area contributed by atoms with E-state index in [-0.39, 0.29) is 0 Å². The number of ether oxygens (including phenoxy) is 2. The number of hydrogen-bond donors (Lipinski definition) is 0. The van der Waals surface area contributed by atoms with Gasteiger partial charge >= 0.3 is 0 Å². The van der Waals surface area contributed by atoms with Crippen molar-refractivity contribution >= 4 is 5.91 Å². The van der Waals surface area contributed by atoms with Crippen molar-refractivity contribution in [1.29, 1.82) is 0 Å². The fourth-order valence-corrected chi connectivity index (χ4v) is 4.35. The van der Waals surface area contributed by atoms with Crippen LogP contribution < -0.4 is 9.47 Å². The minimum Gasteiger partial charge on any atom is -0.486 e. The molecule has 3 aliphatic heterocycles. The first-order chi connectivity index (χ1) is 12.3. The number of carbonyl (C=O) groups is 1. The van der Waals surface area contributed by atoms with E-state index in [9.17, 15) is 4.79 Å². The molecule has 1 aromatic rings. The smallest absolute Gasteiger partial charge is 0.223 e. The van der Waals surface area contributed by atoms with E-state index in [2.05, 4.69) is 21.9 Å². The van der Waals surface area contributed by atoms with Gasteiger partial charge in [-0.05, 0) is 44.7 Å². The largest absolute Gasteiger partial charge is 0.486 e. The van der Waals surface area contributed by atoms with E-state index in [0.717, 1.165) is 56.9 Å². The number of rotatable bonds is 4. The SMILES string of the molecule is O=C(CCN1CCCC1c1cccc2c1OCCO2)N1CCCCC1. The summed E-state index contributed by atoms with van der Waals surface area (Å²) in [4.78, 5) is 17.0. The van der Waals surface area contributed by atoms with Crippen LogP contribution in [-0.2, 0) is 4.79 Å². The van der Waals surface area contributed by atoms with Crippen LogP contribution >= 0.6 is 0 Å². The molecule has 25 heavy (non-hydrogen) atoms. The standard InChI is InChI=1S/C20H28N2O3/c23-19(22-10-2-1-3-11-22)9-13-21-12-5-7-17(21)16-6-4-8-18-20(16)25-15-14-24-18/h4,6,8,17H,1-3,5,7,9-15H2. The van der Waals surface area contributed by atoms with Crippen molar-refractivity contribution in [3.05, 3.63) is 23.8 Å². The Morgan fingerprint density at radius 1 is 1.04 bits per heavy atom. The van der Waals surface area contributed by atoms with Gasteiger partial charge in [-0.1, -0.05) is 12.1 Å².